The van der Waals surface area contributed by atoms with E-state index in [0.29, 0.717) is 42.9 Å². The van der Waals surface area contributed by atoms with Gasteiger partial charge < -0.3 is 4.74 Å². The monoisotopic (exact) mass is 297 g/mol. The Morgan fingerprint density at radius 1 is 1.00 bits per heavy atom. The lowest BCUT2D eigenvalue weighted by atomic mass is 10.1. The van der Waals surface area contributed by atoms with Gasteiger partial charge in [-0.05, 0) is 36.8 Å². The third-order valence-corrected chi connectivity index (χ3v) is 3.61. The molecule has 0 radical (unpaired) electrons. The summed E-state index contributed by atoms with van der Waals surface area (Å²) in [6, 6.07) is 6.83. The quantitative estimate of drug-likeness (QED) is 0.617. The van der Waals surface area contributed by atoms with Gasteiger partial charge in [0.1, 0.15) is 5.76 Å². The Hall–Kier alpha value is -2.69. The first kappa shape index (κ1) is 14.3. The number of carbonyl (C=O) groups is 3. The van der Waals surface area contributed by atoms with Gasteiger partial charge in [0.05, 0.1) is 17.7 Å². The largest absolute Gasteiger partial charge is 0.494 e. The second-order valence-corrected chi connectivity index (χ2v) is 5.12. The maximum Gasteiger partial charge on any atom is 0.261 e. The van der Waals surface area contributed by atoms with Crippen LogP contribution in [0.25, 0.3) is 0 Å². The van der Waals surface area contributed by atoms with Gasteiger partial charge in [-0.1, -0.05) is 12.1 Å². The lowest BCUT2D eigenvalue weighted by molar-refractivity contribution is -0.114. The minimum Gasteiger partial charge on any atom is -0.494 e. The van der Waals surface area contributed by atoms with E-state index in [-0.39, 0.29) is 17.6 Å². The Morgan fingerprint density at radius 2 is 1.68 bits per heavy atom. The second-order valence-electron chi connectivity index (χ2n) is 5.12. The molecule has 5 heteroatoms. The van der Waals surface area contributed by atoms with Crippen molar-refractivity contribution < 1.29 is 19.1 Å². The molecular weight excluding hydrogens is 282 g/mol. The van der Waals surface area contributed by atoms with Crippen LogP contribution in [0.15, 0.2) is 48.3 Å². The molecule has 22 heavy (non-hydrogen) atoms. The molecule has 0 aromatic heterocycles. The molecule has 1 aliphatic carbocycles. The lowest BCUT2D eigenvalue weighted by Crippen LogP contribution is -2.31. The van der Waals surface area contributed by atoms with Crippen LogP contribution in [0.3, 0.4) is 0 Å². The normalized spacial score (nSPS) is 16.8. The molecule has 3 rings (SSSR count). The fourth-order valence-corrected chi connectivity index (χ4v) is 2.47. The molecule has 1 aliphatic heterocycles. The van der Waals surface area contributed by atoms with Crippen LogP contribution in [0.2, 0.25) is 0 Å². The highest BCUT2D eigenvalue weighted by Crippen LogP contribution is 2.22. The van der Waals surface area contributed by atoms with Gasteiger partial charge in [-0.15, -0.1) is 0 Å². The Labute approximate surface area is 127 Å². The zero-order valence-corrected chi connectivity index (χ0v) is 12.0. The van der Waals surface area contributed by atoms with E-state index in [1.54, 1.807) is 36.4 Å². The van der Waals surface area contributed by atoms with Crippen LogP contribution >= 0.6 is 0 Å². The van der Waals surface area contributed by atoms with E-state index in [0.717, 1.165) is 0 Å². The molecule has 112 valence electrons. The third-order valence-electron chi connectivity index (χ3n) is 3.61. The van der Waals surface area contributed by atoms with Gasteiger partial charge in [0.2, 0.25) is 0 Å². The Balaban J connectivity index is 1.51. The molecular formula is C17H15NO4. The fourth-order valence-electron chi connectivity index (χ4n) is 2.47. The average Bonchev–Trinajstić information content (AvgIpc) is 2.78. The molecule has 1 heterocycles. The number of amides is 2. The molecule has 1 aromatic rings. The summed E-state index contributed by atoms with van der Waals surface area (Å²) in [4.78, 5) is 36.6. The topological polar surface area (TPSA) is 63.7 Å². The van der Waals surface area contributed by atoms with Crippen molar-refractivity contribution in [1.29, 1.82) is 0 Å². The van der Waals surface area contributed by atoms with E-state index < -0.39 is 0 Å². The second kappa shape index (κ2) is 5.97. The van der Waals surface area contributed by atoms with Crippen molar-refractivity contribution in [3.05, 3.63) is 59.4 Å². The standard InChI is InChI=1S/C17H15NO4/c19-12-6-8-13(9-7-12)22-11-3-10-18-16(20)14-4-1-2-5-15(14)17(18)21/h1-2,4-6,8-9H,3,7,10-11H2. The summed E-state index contributed by atoms with van der Waals surface area (Å²) in [5.41, 5.74) is 0.926. The Bertz CT molecular complexity index is 667. The summed E-state index contributed by atoms with van der Waals surface area (Å²) in [5.74, 6) is 0.214. The fraction of sp³-hybridized carbons (Fsp3) is 0.235. The van der Waals surface area contributed by atoms with Crippen LogP contribution in [0.4, 0.5) is 0 Å². The summed E-state index contributed by atoms with van der Waals surface area (Å²) in [6.45, 7) is 0.708. The van der Waals surface area contributed by atoms with Crippen molar-refractivity contribution >= 4 is 17.6 Å². The molecule has 0 bridgehead atoms. The molecule has 5 nitrogen and oxygen atoms in total. The van der Waals surface area contributed by atoms with Gasteiger partial charge in [-0.25, -0.2) is 0 Å². The smallest absolute Gasteiger partial charge is 0.261 e. The number of ketones is 1. The molecule has 2 aliphatic rings. The van der Waals surface area contributed by atoms with Crippen LogP contribution in [-0.2, 0) is 9.53 Å². The first-order chi connectivity index (χ1) is 10.7. The highest BCUT2D eigenvalue weighted by atomic mass is 16.5. The van der Waals surface area contributed by atoms with Crippen molar-refractivity contribution in [2.45, 2.75) is 12.8 Å². The maximum atomic E-state index is 12.1. The molecule has 1 aromatic carbocycles. The molecule has 0 N–H and O–H groups in total. The number of rotatable bonds is 5. The summed E-state index contributed by atoms with van der Waals surface area (Å²) in [5, 5.41) is 0. The zero-order chi connectivity index (χ0) is 15.5. The van der Waals surface area contributed by atoms with E-state index >= 15 is 0 Å². The predicted octanol–water partition coefficient (Wildman–Crippen LogP) is 2.10. The van der Waals surface area contributed by atoms with Gasteiger partial charge in [0.15, 0.2) is 5.78 Å². The van der Waals surface area contributed by atoms with Crippen molar-refractivity contribution in [3.8, 4) is 0 Å². The molecule has 0 spiro atoms. The minimum absolute atomic E-state index is 0.0541. The van der Waals surface area contributed by atoms with Crippen LogP contribution < -0.4 is 0 Å². The SMILES string of the molecule is O=C1C=CC(OCCCN2C(=O)c3ccccc3C2=O)=CC1. The number of ether oxygens (including phenoxy) is 1. The maximum absolute atomic E-state index is 12.1. The highest BCUT2D eigenvalue weighted by molar-refractivity contribution is 6.21. The predicted molar refractivity (Wildman–Crippen MR) is 79.2 cm³/mol. The Kier molecular flexibility index (Phi) is 3.87. The van der Waals surface area contributed by atoms with Crippen LogP contribution in [0, 0.1) is 0 Å². The minimum atomic E-state index is -0.247. The van der Waals surface area contributed by atoms with Crippen LogP contribution in [0.5, 0.6) is 0 Å². The number of hydrogen-bond donors (Lipinski definition) is 0. The van der Waals surface area contributed by atoms with Crippen LogP contribution in [-0.4, -0.2) is 35.6 Å². The van der Waals surface area contributed by atoms with Crippen molar-refractivity contribution in [2.24, 2.45) is 0 Å². The molecule has 0 atom stereocenters. The molecule has 0 saturated carbocycles. The number of fused-ring (bicyclic) bond motifs is 1. The molecule has 0 fully saturated rings. The first-order valence-corrected chi connectivity index (χ1v) is 7.16. The van der Waals surface area contributed by atoms with Gasteiger partial charge in [-0.2, -0.15) is 0 Å². The van der Waals surface area contributed by atoms with Gasteiger partial charge in [0.25, 0.3) is 11.8 Å². The van der Waals surface area contributed by atoms with E-state index in [9.17, 15) is 14.4 Å². The number of benzene rings is 1. The van der Waals surface area contributed by atoms with E-state index in [4.69, 9.17) is 4.74 Å². The number of carbonyl (C=O) groups excluding carboxylic acids is 3. The number of imide groups is 1. The molecule has 0 saturated heterocycles. The van der Waals surface area contributed by atoms with Gasteiger partial charge in [-0.3, -0.25) is 19.3 Å². The number of nitrogens with zero attached hydrogens (tertiary/aromatic N) is 1. The van der Waals surface area contributed by atoms with E-state index in [1.807, 2.05) is 0 Å². The van der Waals surface area contributed by atoms with Crippen molar-refractivity contribution in [2.75, 3.05) is 13.2 Å². The van der Waals surface area contributed by atoms with Crippen molar-refractivity contribution in [3.63, 3.8) is 0 Å². The average molecular weight is 297 g/mol. The first-order valence-electron chi connectivity index (χ1n) is 7.16. The summed E-state index contributed by atoms with van der Waals surface area (Å²) < 4.78 is 5.51. The number of allylic oxidation sites excluding steroid dienone is 3. The van der Waals surface area contributed by atoms with E-state index in [2.05, 4.69) is 0 Å². The molecule has 2 amide bonds. The zero-order valence-electron chi connectivity index (χ0n) is 12.0. The third kappa shape index (κ3) is 2.70. The summed E-state index contributed by atoms with van der Waals surface area (Å²) in [7, 11) is 0. The van der Waals surface area contributed by atoms with Crippen LogP contribution in [0.1, 0.15) is 33.6 Å². The molecule has 0 unspecified atom stereocenters. The highest BCUT2D eigenvalue weighted by Gasteiger charge is 2.34. The van der Waals surface area contributed by atoms with Gasteiger partial charge >= 0.3 is 0 Å². The van der Waals surface area contributed by atoms with Crippen molar-refractivity contribution in [1.82, 2.24) is 4.90 Å². The lowest BCUT2D eigenvalue weighted by Gasteiger charge is -2.14. The summed E-state index contributed by atoms with van der Waals surface area (Å²) in [6.07, 6.45) is 5.74. The summed E-state index contributed by atoms with van der Waals surface area (Å²) >= 11 is 0. The number of hydrogen-bond acceptors (Lipinski definition) is 4. The van der Waals surface area contributed by atoms with E-state index in [1.165, 1.54) is 11.0 Å². The van der Waals surface area contributed by atoms with Gasteiger partial charge in [0, 0.05) is 13.0 Å². The Morgan fingerprint density at radius 3 is 2.27 bits per heavy atom.